The van der Waals surface area contributed by atoms with Gasteiger partial charge in [0.25, 0.3) is 0 Å². The highest BCUT2D eigenvalue weighted by Crippen LogP contribution is 2.14. The Balaban J connectivity index is 0.000000744. The molecule has 0 spiro atoms. The lowest BCUT2D eigenvalue weighted by Gasteiger charge is -2.10. The summed E-state index contributed by atoms with van der Waals surface area (Å²) >= 11 is 0. The van der Waals surface area contributed by atoms with Gasteiger partial charge in [-0.1, -0.05) is 114 Å². The first-order valence-corrected chi connectivity index (χ1v) is 13.9. The molecule has 1 aliphatic rings. The maximum Gasteiger partial charge on any atom is 0.339 e. The molecule has 35 heavy (non-hydrogen) atoms. The second kappa shape index (κ2) is 21.0. The second-order valence-corrected chi connectivity index (χ2v) is 9.33. The van der Waals surface area contributed by atoms with Crippen LogP contribution < -0.4 is 0 Å². The maximum absolute atomic E-state index is 12.4. The van der Waals surface area contributed by atoms with Gasteiger partial charge in [-0.2, -0.15) is 0 Å². The Morgan fingerprint density at radius 1 is 0.714 bits per heavy atom. The van der Waals surface area contributed by atoms with Crippen LogP contribution in [0.4, 0.5) is 0 Å². The van der Waals surface area contributed by atoms with Crippen LogP contribution in [-0.4, -0.2) is 25.2 Å². The van der Waals surface area contributed by atoms with Gasteiger partial charge in [0.15, 0.2) is 0 Å². The minimum absolute atomic E-state index is 0.293. The largest absolute Gasteiger partial charge is 0.462 e. The summed E-state index contributed by atoms with van der Waals surface area (Å²) in [5.74, 6) is -0.888. The summed E-state index contributed by atoms with van der Waals surface area (Å²) in [6.07, 6.45) is 22.6. The molecule has 1 aromatic carbocycles. The van der Waals surface area contributed by atoms with Gasteiger partial charge < -0.3 is 9.47 Å². The number of carbonyl (C=O) groups is 2. The molecule has 0 saturated heterocycles. The van der Waals surface area contributed by atoms with Gasteiger partial charge in [-0.15, -0.1) is 0 Å². The van der Waals surface area contributed by atoms with E-state index in [0.717, 1.165) is 25.7 Å². The normalized spacial score (nSPS) is 12.4. The minimum atomic E-state index is -0.444. The molecule has 196 valence electrons. The number of allylic oxidation sites excluding steroid dienone is 4. The zero-order valence-corrected chi connectivity index (χ0v) is 22.5. The number of rotatable bonds is 16. The van der Waals surface area contributed by atoms with Crippen molar-refractivity contribution < 1.29 is 19.1 Å². The fraction of sp³-hybridized carbons (Fsp3) is 0.613. The van der Waals surface area contributed by atoms with Crippen molar-refractivity contribution in [3.05, 3.63) is 59.2 Å². The molecule has 0 N–H and O–H groups in total. The van der Waals surface area contributed by atoms with Crippen molar-refractivity contribution >= 4 is 11.9 Å². The van der Waals surface area contributed by atoms with E-state index in [0.29, 0.717) is 24.3 Å². The molecular weight excluding hydrogens is 436 g/mol. The van der Waals surface area contributed by atoms with Crippen LogP contribution in [0.15, 0.2) is 48.1 Å². The molecule has 0 unspecified atom stereocenters. The molecule has 0 fully saturated rings. The molecule has 0 radical (unpaired) electrons. The first kappa shape index (κ1) is 30.7. The third-order valence-electron chi connectivity index (χ3n) is 6.05. The maximum atomic E-state index is 12.4. The summed E-state index contributed by atoms with van der Waals surface area (Å²) < 4.78 is 10.7. The number of carbonyl (C=O) groups excluding carboxylic acids is 2. The molecule has 0 aliphatic heterocycles. The van der Waals surface area contributed by atoms with Crippen LogP contribution in [0.1, 0.15) is 131 Å². The molecule has 4 heteroatoms. The Morgan fingerprint density at radius 3 is 1.54 bits per heavy atom. The van der Waals surface area contributed by atoms with Crippen molar-refractivity contribution in [3.8, 4) is 0 Å². The molecule has 0 atom stereocenters. The monoisotopic (exact) mass is 484 g/mol. The number of hydrogen-bond acceptors (Lipinski definition) is 4. The van der Waals surface area contributed by atoms with E-state index in [1.807, 2.05) is 0 Å². The van der Waals surface area contributed by atoms with Crippen LogP contribution in [0.5, 0.6) is 0 Å². The van der Waals surface area contributed by atoms with Gasteiger partial charge in [-0.25, -0.2) is 9.59 Å². The van der Waals surface area contributed by atoms with Crippen molar-refractivity contribution in [3.63, 3.8) is 0 Å². The highest BCUT2D eigenvalue weighted by Gasteiger charge is 2.18. The fourth-order valence-electron chi connectivity index (χ4n) is 3.81. The van der Waals surface area contributed by atoms with Gasteiger partial charge in [0.2, 0.25) is 0 Å². The Bertz CT molecular complexity index is 714. The van der Waals surface area contributed by atoms with Crippen LogP contribution in [0.25, 0.3) is 0 Å². The number of hydrogen-bond donors (Lipinski definition) is 0. The number of benzene rings is 1. The van der Waals surface area contributed by atoms with E-state index in [9.17, 15) is 9.59 Å². The second-order valence-electron chi connectivity index (χ2n) is 9.33. The molecule has 0 aromatic heterocycles. The number of esters is 2. The van der Waals surface area contributed by atoms with Crippen LogP contribution in [0.2, 0.25) is 0 Å². The van der Waals surface area contributed by atoms with E-state index in [1.165, 1.54) is 69.8 Å². The smallest absolute Gasteiger partial charge is 0.339 e. The van der Waals surface area contributed by atoms with Gasteiger partial charge in [0, 0.05) is 0 Å². The summed E-state index contributed by atoms with van der Waals surface area (Å²) in [5.41, 5.74) is 2.09. The van der Waals surface area contributed by atoms with Crippen LogP contribution in [0, 0.1) is 0 Å². The molecule has 1 aromatic rings. The zero-order valence-electron chi connectivity index (χ0n) is 22.5. The number of unbranched alkanes of at least 4 members (excludes halogenated alkanes) is 10. The predicted molar refractivity (Wildman–Crippen MR) is 146 cm³/mol. The van der Waals surface area contributed by atoms with E-state index < -0.39 is 11.9 Å². The SMILES string of the molecule is CC1=CC=CCC1.CCCCCCCCOC(=O)c1ccccc1C(=O)OCCCCCCCC. The lowest BCUT2D eigenvalue weighted by molar-refractivity contribution is 0.0450. The van der Waals surface area contributed by atoms with Gasteiger partial charge in [-0.05, 0) is 44.7 Å². The topological polar surface area (TPSA) is 52.6 Å². The molecular formula is C31H48O4. The minimum Gasteiger partial charge on any atom is -0.462 e. The average molecular weight is 485 g/mol. The van der Waals surface area contributed by atoms with Crippen LogP contribution >= 0.6 is 0 Å². The quantitative estimate of drug-likeness (QED) is 0.173. The Morgan fingerprint density at radius 2 is 1.17 bits per heavy atom. The van der Waals surface area contributed by atoms with Crippen molar-refractivity contribution in [1.29, 1.82) is 0 Å². The van der Waals surface area contributed by atoms with Crippen molar-refractivity contribution in [2.75, 3.05) is 13.2 Å². The lowest BCUT2D eigenvalue weighted by Crippen LogP contribution is -2.15. The predicted octanol–water partition coefficient (Wildman–Crippen LogP) is 9.00. The Labute approximate surface area is 214 Å². The molecule has 4 nitrogen and oxygen atoms in total. The summed E-state index contributed by atoms with van der Waals surface area (Å²) in [7, 11) is 0. The van der Waals surface area contributed by atoms with Gasteiger partial charge >= 0.3 is 11.9 Å². The Kier molecular flexibility index (Phi) is 18.4. The van der Waals surface area contributed by atoms with E-state index in [2.05, 4.69) is 39.0 Å². The Hall–Kier alpha value is -2.36. The molecule has 1 aliphatic carbocycles. The summed E-state index contributed by atoms with van der Waals surface area (Å²) in [6, 6.07) is 6.74. The summed E-state index contributed by atoms with van der Waals surface area (Å²) in [5, 5.41) is 0. The highest BCUT2D eigenvalue weighted by atomic mass is 16.5. The van der Waals surface area contributed by atoms with E-state index in [1.54, 1.807) is 24.3 Å². The first-order valence-electron chi connectivity index (χ1n) is 13.9. The van der Waals surface area contributed by atoms with E-state index >= 15 is 0 Å². The average Bonchev–Trinajstić information content (AvgIpc) is 2.88. The molecule has 2 rings (SSSR count). The van der Waals surface area contributed by atoms with E-state index in [-0.39, 0.29) is 0 Å². The molecule has 0 bridgehead atoms. The van der Waals surface area contributed by atoms with Gasteiger partial charge in [0.05, 0.1) is 24.3 Å². The number of ether oxygens (including phenoxy) is 2. The van der Waals surface area contributed by atoms with Gasteiger partial charge in [0.1, 0.15) is 0 Å². The van der Waals surface area contributed by atoms with Crippen molar-refractivity contribution in [2.45, 2.75) is 111 Å². The molecule has 0 amide bonds. The third kappa shape index (κ3) is 15.3. The summed E-state index contributed by atoms with van der Waals surface area (Å²) in [6.45, 7) is 7.34. The van der Waals surface area contributed by atoms with Crippen molar-refractivity contribution in [1.82, 2.24) is 0 Å². The third-order valence-corrected chi connectivity index (χ3v) is 6.05. The first-order chi connectivity index (χ1) is 17.1. The van der Waals surface area contributed by atoms with Crippen LogP contribution in [0.3, 0.4) is 0 Å². The summed E-state index contributed by atoms with van der Waals surface area (Å²) in [4.78, 5) is 24.7. The molecule has 0 heterocycles. The van der Waals surface area contributed by atoms with Gasteiger partial charge in [-0.3, -0.25) is 0 Å². The van der Waals surface area contributed by atoms with Crippen LogP contribution in [-0.2, 0) is 9.47 Å². The highest BCUT2D eigenvalue weighted by molar-refractivity contribution is 6.03. The standard InChI is InChI=1S/C24H38O4.C7H10/c1-3-5-7-9-11-15-19-27-23(25)21-17-13-14-18-22(21)24(26)28-20-16-12-10-8-6-4-2;1-7-5-3-2-4-6-7/h13-14,17-18H,3-12,15-16,19-20H2,1-2H3;2-3,5H,4,6H2,1H3. The lowest BCUT2D eigenvalue weighted by atomic mass is 10.1. The molecule has 0 saturated carbocycles. The van der Waals surface area contributed by atoms with Crippen molar-refractivity contribution in [2.24, 2.45) is 0 Å². The van der Waals surface area contributed by atoms with E-state index in [4.69, 9.17) is 9.47 Å². The fourth-order valence-corrected chi connectivity index (χ4v) is 3.81. The zero-order chi connectivity index (χ0) is 25.6.